The zero-order valence-corrected chi connectivity index (χ0v) is 13.1. The lowest BCUT2D eigenvalue weighted by Crippen LogP contribution is -2.15. The van der Waals surface area contributed by atoms with Gasteiger partial charge in [0.05, 0.1) is 11.6 Å². The second kappa shape index (κ2) is 8.93. The van der Waals surface area contributed by atoms with Crippen LogP contribution in [0.15, 0.2) is 54.1 Å². The number of carbonyl (C=O) groups is 1. The Balaban J connectivity index is 3.22. The van der Waals surface area contributed by atoms with Gasteiger partial charge in [-0.2, -0.15) is 0 Å². The third-order valence-electron chi connectivity index (χ3n) is 3.25. The number of hydrogen-bond donors (Lipinski definition) is 1. The first kappa shape index (κ1) is 17.8. The van der Waals surface area contributed by atoms with Gasteiger partial charge in [0.2, 0.25) is 6.41 Å². The maximum atomic E-state index is 14.2. The quantitative estimate of drug-likeness (QED) is 0.556. The molecule has 4 heteroatoms. The smallest absolute Gasteiger partial charge is 0.207 e. The van der Waals surface area contributed by atoms with Crippen molar-refractivity contribution in [3.8, 4) is 0 Å². The highest BCUT2D eigenvalue weighted by Crippen LogP contribution is 2.30. The number of allylic oxidation sites excluding steroid dienone is 6. The molecule has 1 unspecified atom stereocenters. The molecule has 1 atom stereocenters. The van der Waals surface area contributed by atoms with Crippen LogP contribution >= 0.6 is 0 Å². The van der Waals surface area contributed by atoms with E-state index >= 15 is 0 Å². The predicted octanol–water partition coefficient (Wildman–Crippen LogP) is 5.01. The molecule has 22 heavy (non-hydrogen) atoms. The summed E-state index contributed by atoms with van der Waals surface area (Å²) in [6.07, 6.45) is 5.45. The van der Waals surface area contributed by atoms with Gasteiger partial charge in [-0.15, -0.1) is 0 Å². The van der Waals surface area contributed by atoms with Crippen LogP contribution in [0, 0.1) is 0 Å². The fourth-order valence-corrected chi connectivity index (χ4v) is 1.98. The maximum absolute atomic E-state index is 14.2. The molecule has 1 amide bonds. The number of benzene rings is 1. The number of carbonyl (C=O) groups excluding carboxylic acids is 1. The van der Waals surface area contributed by atoms with Crippen LogP contribution in [0.4, 0.5) is 8.78 Å². The Hall–Kier alpha value is -2.23. The van der Waals surface area contributed by atoms with Gasteiger partial charge < -0.3 is 5.32 Å². The Labute approximate surface area is 130 Å². The average molecular weight is 305 g/mol. The van der Waals surface area contributed by atoms with Gasteiger partial charge in [-0.25, -0.2) is 8.78 Å². The minimum absolute atomic E-state index is 0.0604. The Bertz CT molecular complexity index is 586. The summed E-state index contributed by atoms with van der Waals surface area (Å²) in [7, 11) is 0. The molecule has 1 N–H and O–H groups in total. The van der Waals surface area contributed by atoms with Crippen LogP contribution in [0.25, 0.3) is 5.57 Å². The van der Waals surface area contributed by atoms with Crippen molar-refractivity contribution < 1.29 is 13.6 Å². The van der Waals surface area contributed by atoms with Crippen molar-refractivity contribution in [1.82, 2.24) is 5.32 Å². The molecule has 0 heterocycles. The molecule has 1 rings (SSSR count). The van der Waals surface area contributed by atoms with Crippen molar-refractivity contribution >= 4 is 12.0 Å². The van der Waals surface area contributed by atoms with Gasteiger partial charge >= 0.3 is 0 Å². The molecule has 2 nitrogen and oxygen atoms in total. The van der Waals surface area contributed by atoms with Crippen molar-refractivity contribution in [1.29, 1.82) is 0 Å². The Kier molecular flexibility index (Phi) is 7.23. The van der Waals surface area contributed by atoms with Crippen LogP contribution < -0.4 is 5.32 Å². The van der Waals surface area contributed by atoms with Crippen LogP contribution in [-0.2, 0) is 4.79 Å². The molecule has 0 saturated heterocycles. The standard InChI is InChI=1S/C18H21F2NO/c1-4-6-7-17(20)18(16(19)5-2)15-10-8-14(9-11-15)13(3)21-12-22/h5-13H,4H2,1-3H3,(H,21,22)/b7-6-,16-5+,18-17+. The SMILES string of the molecule is C\C=C(F)/C(=C(F)\C=C/CC)c1ccc(C(C)NC=O)cc1. The lowest BCUT2D eigenvalue weighted by Gasteiger charge is -2.12. The van der Waals surface area contributed by atoms with E-state index in [0.29, 0.717) is 18.4 Å². The summed E-state index contributed by atoms with van der Waals surface area (Å²) in [5.74, 6) is -1.21. The van der Waals surface area contributed by atoms with Crippen LogP contribution in [0.5, 0.6) is 0 Å². The minimum atomic E-state index is -0.607. The second-order valence-corrected chi connectivity index (χ2v) is 4.80. The second-order valence-electron chi connectivity index (χ2n) is 4.80. The van der Waals surface area contributed by atoms with Crippen LogP contribution in [-0.4, -0.2) is 6.41 Å². The van der Waals surface area contributed by atoms with Crippen molar-refractivity contribution in [3.05, 3.63) is 65.3 Å². The van der Waals surface area contributed by atoms with Gasteiger partial charge in [-0.3, -0.25) is 4.79 Å². The molecule has 1 aromatic rings. The maximum Gasteiger partial charge on any atom is 0.207 e. The van der Waals surface area contributed by atoms with E-state index in [2.05, 4.69) is 5.32 Å². The third kappa shape index (κ3) is 4.65. The Morgan fingerprint density at radius 1 is 1.27 bits per heavy atom. The highest BCUT2D eigenvalue weighted by atomic mass is 19.1. The largest absolute Gasteiger partial charge is 0.352 e. The molecule has 0 saturated carbocycles. The molecule has 0 spiro atoms. The van der Waals surface area contributed by atoms with Gasteiger partial charge in [-0.1, -0.05) is 43.3 Å². The monoisotopic (exact) mass is 305 g/mol. The number of hydrogen-bond acceptors (Lipinski definition) is 1. The van der Waals surface area contributed by atoms with E-state index < -0.39 is 11.7 Å². The van der Waals surface area contributed by atoms with Crippen molar-refractivity contribution in [2.24, 2.45) is 0 Å². The molecule has 0 radical (unpaired) electrons. The summed E-state index contributed by atoms with van der Waals surface area (Å²) in [5, 5.41) is 2.63. The molecule has 0 aliphatic heterocycles. The summed E-state index contributed by atoms with van der Waals surface area (Å²) < 4.78 is 28.2. The van der Waals surface area contributed by atoms with Crippen LogP contribution in [0.2, 0.25) is 0 Å². The molecule has 118 valence electrons. The van der Waals surface area contributed by atoms with Gasteiger partial charge in [0.25, 0.3) is 0 Å². The first-order chi connectivity index (χ1) is 10.5. The minimum Gasteiger partial charge on any atom is -0.352 e. The molecule has 0 fully saturated rings. The predicted molar refractivity (Wildman–Crippen MR) is 86.4 cm³/mol. The van der Waals surface area contributed by atoms with E-state index in [1.165, 1.54) is 19.1 Å². The van der Waals surface area contributed by atoms with E-state index in [9.17, 15) is 13.6 Å². The van der Waals surface area contributed by atoms with Crippen molar-refractivity contribution in [2.75, 3.05) is 0 Å². The normalized spacial score (nSPS) is 14.7. The lowest BCUT2D eigenvalue weighted by molar-refractivity contribution is -0.110. The van der Waals surface area contributed by atoms with Gasteiger partial charge in [0.1, 0.15) is 11.7 Å². The summed E-state index contributed by atoms with van der Waals surface area (Å²) in [5.41, 5.74) is 1.26. The lowest BCUT2D eigenvalue weighted by atomic mass is 9.99. The summed E-state index contributed by atoms with van der Waals surface area (Å²) in [6, 6.07) is 6.63. The van der Waals surface area contributed by atoms with E-state index in [4.69, 9.17) is 0 Å². The summed E-state index contributed by atoms with van der Waals surface area (Å²) >= 11 is 0. The summed E-state index contributed by atoms with van der Waals surface area (Å²) in [4.78, 5) is 10.4. The Morgan fingerprint density at radius 2 is 1.91 bits per heavy atom. The average Bonchev–Trinajstić information content (AvgIpc) is 2.53. The molecular formula is C18H21F2NO. The third-order valence-corrected chi connectivity index (χ3v) is 3.25. The van der Waals surface area contributed by atoms with Crippen molar-refractivity contribution in [2.45, 2.75) is 33.2 Å². The zero-order chi connectivity index (χ0) is 16.5. The molecule has 0 bridgehead atoms. The number of amides is 1. The zero-order valence-electron chi connectivity index (χ0n) is 13.1. The van der Waals surface area contributed by atoms with E-state index in [-0.39, 0.29) is 11.6 Å². The van der Waals surface area contributed by atoms with Crippen LogP contribution in [0.1, 0.15) is 44.4 Å². The molecule has 0 aliphatic carbocycles. The number of rotatable bonds is 7. The van der Waals surface area contributed by atoms with Gasteiger partial charge in [-0.05, 0) is 37.5 Å². The first-order valence-electron chi connectivity index (χ1n) is 7.23. The van der Waals surface area contributed by atoms with E-state index in [0.717, 1.165) is 5.56 Å². The van der Waals surface area contributed by atoms with E-state index in [1.54, 1.807) is 30.3 Å². The first-order valence-corrected chi connectivity index (χ1v) is 7.23. The van der Waals surface area contributed by atoms with E-state index in [1.807, 2.05) is 13.8 Å². The topological polar surface area (TPSA) is 29.1 Å². The fourth-order valence-electron chi connectivity index (χ4n) is 1.98. The molecular weight excluding hydrogens is 284 g/mol. The molecule has 0 aromatic heterocycles. The Morgan fingerprint density at radius 3 is 2.41 bits per heavy atom. The molecule has 1 aromatic carbocycles. The summed E-state index contributed by atoms with van der Waals surface area (Å²) in [6.45, 7) is 5.24. The number of halogens is 2. The van der Waals surface area contributed by atoms with Gasteiger partial charge in [0.15, 0.2) is 0 Å². The molecule has 0 aliphatic rings. The highest BCUT2D eigenvalue weighted by Gasteiger charge is 2.13. The fraction of sp³-hybridized carbons (Fsp3) is 0.278. The van der Waals surface area contributed by atoms with Crippen LogP contribution in [0.3, 0.4) is 0 Å². The highest BCUT2D eigenvalue weighted by molar-refractivity contribution is 5.80. The van der Waals surface area contributed by atoms with Crippen molar-refractivity contribution in [3.63, 3.8) is 0 Å². The number of nitrogens with one attached hydrogen (secondary N) is 1. The van der Waals surface area contributed by atoms with Gasteiger partial charge in [0, 0.05) is 0 Å².